The molecule has 0 fully saturated rings. The Morgan fingerprint density at radius 3 is 1.59 bits per heavy atom. The Hall–Kier alpha value is -1.60. The van der Waals surface area contributed by atoms with Crippen molar-refractivity contribution in [3.63, 3.8) is 0 Å². The highest BCUT2D eigenvalue weighted by Gasteiger charge is 1.93. The van der Waals surface area contributed by atoms with Gasteiger partial charge in [0.05, 0.1) is 6.61 Å². The van der Waals surface area contributed by atoms with Crippen LogP contribution in [0.2, 0.25) is 0 Å². The van der Waals surface area contributed by atoms with E-state index in [0.29, 0.717) is 5.92 Å². The molecule has 0 radical (unpaired) electrons. The molecular formula is C16H20O. The van der Waals surface area contributed by atoms with Crippen LogP contribution in [-0.2, 0) is 6.61 Å². The van der Waals surface area contributed by atoms with Crippen LogP contribution in [0.4, 0.5) is 0 Å². The summed E-state index contributed by atoms with van der Waals surface area (Å²) < 4.78 is 0. The van der Waals surface area contributed by atoms with Gasteiger partial charge >= 0.3 is 0 Å². The van der Waals surface area contributed by atoms with E-state index in [4.69, 9.17) is 5.11 Å². The summed E-state index contributed by atoms with van der Waals surface area (Å²) in [5.41, 5.74) is 2.38. The summed E-state index contributed by atoms with van der Waals surface area (Å²) in [7, 11) is 0. The van der Waals surface area contributed by atoms with Crippen molar-refractivity contribution in [2.75, 3.05) is 0 Å². The molecule has 1 heteroatoms. The summed E-state index contributed by atoms with van der Waals surface area (Å²) in [5.74, 6) is 0.659. The predicted molar refractivity (Wildman–Crippen MR) is 72.9 cm³/mol. The van der Waals surface area contributed by atoms with E-state index in [2.05, 4.69) is 38.1 Å². The van der Waals surface area contributed by atoms with E-state index >= 15 is 0 Å². The molecule has 2 rings (SSSR count). The second kappa shape index (κ2) is 7.64. The van der Waals surface area contributed by atoms with Gasteiger partial charge < -0.3 is 5.11 Å². The van der Waals surface area contributed by atoms with Crippen molar-refractivity contribution >= 4 is 0 Å². The zero-order chi connectivity index (χ0) is 12.5. The summed E-state index contributed by atoms with van der Waals surface area (Å²) in [6.07, 6.45) is 0. The molecule has 90 valence electrons. The number of hydrogen-bond donors (Lipinski definition) is 1. The molecule has 0 aliphatic heterocycles. The Morgan fingerprint density at radius 2 is 1.29 bits per heavy atom. The monoisotopic (exact) mass is 228 g/mol. The average Bonchev–Trinajstić information content (AvgIpc) is 2.41. The van der Waals surface area contributed by atoms with Crippen LogP contribution in [0.25, 0.3) is 0 Å². The van der Waals surface area contributed by atoms with Gasteiger partial charge in [-0.2, -0.15) is 0 Å². The average molecular weight is 228 g/mol. The van der Waals surface area contributed by atoms with E-state index < -0.39 is 0 Å². The maximum absolute atomic E-state index is 8.54. The third-order valence-corrected chi connectivity index (χ3v) is 2.49. The molecule has 2 aromatic carbocycles. The molecular weight excluding hydrogens is 208 g/mol. The largest absolute Gasteiger partial charge is 0.392 e. The molecule has 0 unspecified atom stereocenters. The van der Waals surface area contributed by atoms with Gasteiger partial charge in [-0.1, -0.05) is 74.5 Å². The maximum atomic E-state index is 8.54. The van der Waals surface area contributed by atoms with Crippen molar-refractivity contribution in [3.8, 4) is 0 Å². The van der Waals surface area contributed by atoms with Crippen molar-refractivity contribution in [1.82, 2.24) is 0 Å². The lowest BCUT2D eigenvalue weighted by atomic mass is 10.0. The molecule has 0 aliphatic carbocycles. The molecule has 0 aliphatic rings. The Kier molecular flexibility index (Phi) is 6.05. The van der Waals surface area contributed by atoms with Crippen LogP contribution < -0.4 is 0 Å². The summed E-state index contributed by atoms with van der Waals surface area (Å²) in [5, 5.41) is 8.54. The molecule has 0 heterocycles. The Labute approximate surface area is 104 Å². The van der Waals surface area contributed by atoms with Crippen LogP contribution in [0, 0.1) is 0 Å². The SMILES string of the molecule is CC(C)c1ccccc1.OCc1ccccc1. The first-order chi connectivity index (χ1) is 8.24. The third kappa shape index (κ3) is 5.32. The first-order valence-corrected chi connectivity index (χ1v) is 5.93. The molecule has 2 aromatic rings. The fraction of sp³-hybridized carbons (Fsp3) is 0.250. The van der Waals surface area contributed by atoms with Crippen molar-refractivity contribution in [1.29, 1.82) is 0 Å². The molecule has 0 saturated heterocycles. The van der Waals surface area contributed by atoms with Gasteiger partial charge in [-0.05, 0) is 17.0 Å². The van der Waals surface area contributed by atoms with Gasteiger partial charge in [0.1, 0.15) is 0 Å². The predicted octanol–water partition coefficient (Wildman–Crippen LogP) is 3.99. The first kappa shape index (κ1) is 13.5. The molecule has 1 N–H and O–H groups in total. The van der Waals surface area contributed by atoms with E-state index in [1.165, 1.54) is 5.56 Å². The summed E-state index contributed by atoms with van der Waals surface area (Å²) >= 11 is 0. The van der Waals surface area contributed by atoms with Crippen LogP contribution in [-0.4, -0.2) is 5.11 Å². The number of rotatable bonds is 2. The van der Waals surface area contributed by atoms with E-state index in [1.807, 2.05) is 36.4 Å². The zero-order valence-corrected chi connectivity index (χ0v) is 10.5. The lowest BCUT2D eigenvalue weighted by molar-refractivity contribution is 0.282. The van der Waals surface area contributed by atoms with E-state index in [-0.39, 0.29) is 6.61 Å². The number of benzene rings is 2. The standard InChI is InChI=1S/C9H12.C7H8O/c1-8(2)9-6-4-3-5-7-9;8-6-7-4-2-1-3-5-7/h3-8H,1-2H3;1-5,8H,6H2. The smallest absolute Gasteiger partial charge is 0.0681 e. The minimum Gasteiger partial charge on any atom is -0.392 e. The summed E-state index contributed by atoms with van der Waals surface area (Å²) in [6, 6.07) is 20.0. The quantitative estimate of drug-likeness (QED) is 0.824. The van der Waals surface area contributed by atoms with Crippen molar-refractivity contribution in [2.45, 2.75) is 26.4 Å². The second-order valence-electron chi connectivity index (χ2n) is 4.21. The van der Waals surface area contributed by atoms with E-state index in [9.17, 15) is 0 Å². The Bertz CT molecular complexity index is 392. The Balaban J connectivity index is 0.000000171. The highest BCUT2D eigenvalue weighted by molar-refractivity contribution is 5.17. The topological polar surface area (TPSA) is 20.2 Å². The second-order valence-corrected chi connectivity index (χ2v) is 4.21. The van der Waals surface area contributed by atoms with Crippen molar-refractivity contribution < 1.29 is 5.11 Å². The molecule has 0 amide bonds. The van der Waals surface area contributed by atoms with Gasteiger partial charge in [-0.3, -0.25) is 0 Å². The van der Waals surface area contributed by atoms with Crippen LogP contribution in [0.1, 0.15) is 30.9 Å². The fourth-order valence-electron chi connectivity index (χ4n) is 1.42. The van der Waals surface area contributed by atoms with Gasteiger partial charge in [-0.25, -0.2) is 0 Å². The summed E-state index contributed by atoms with van der Waals surface area (Å²) in [6.45, 7) is 4.55. The first-order valence-electron chi connectivity index (χ1n) is 5.93. The molecule has 0 aromatic heterocycles. The highest BCUT2D eigenvalue weighted by atomic mass is 16.3. The van der Waals surface area contributed by atoms with Crippen molar-refractivity contribution in [2.24, 2.45) is 0 Å². The van der Waals surface area contributed by atoms with Gasteiger partial charge in [0.25, 0.3) is 0 Å². The van der Waals surface area contributed by atoms with Crippen LogP contribution in [0.5, 0.6) is 0 Å². The minimum absolute atomic E-state index is 0.140. The van der Waals surface area contributed by atoms with Gasteiger partial charge in [0.15, 0.2) is 0 Å². The molecule has 17 heavy (non-hydrogen) atoms. The lowest BCUT2D eigenvalue weighted by Crippen LogP contribution is -1.83. The maximum Gasteiger partial charge on any atom is 0.0681 e. The van der Waals surface area contributed by atoms with E-state index in [1.54, 1.807) is 0 Å². The van der Waals surface area contributed by atoms with Crippen LogP contribution >= 0.6 is 0 Å². The van der Waals surface area contributed by atoms with Gasteiger partial charge in [-0.15, -0.1) is 0 Å². The highest BCUT2D eigenvalue weighted by Crippen LogP contribution is 2.11. The fourth-order valence-corrected chi connectivity index (χ4v) is 1.42. The molecule has 1 nitrogen and oxygen atoms in total. The van der Waals surface area contributed by atoms with Crippen LogP contribution in [0.15, 0.2) is 60.7 Å². The third-order valence-electron chi connectivity index (χ3n) is 2.49. The number of aliphatic hydroxyl groups is 1. The van der Waals surface area contributed by atoms with E-state index in [0.717, 1.165) is 5.56 Å². The molecule has 0 atom stereocenters. The molecule has 0 spiro atoms. The molecule has 0 bridgehead atoms. The number of aliphatic hydroxyl groups excluding tert-OH is 1. The molecule has 0 saturated carbocycles. The normalized spacial score (nSPS) is 9.65. The summed E-state index contributed by atoms with van der Waals surface area (Å²) in [4.78, 5) is 0. The number of hydrogen-bond acceptors (Lipinski definition) is 1. The minimum atomic E-state index is 0.140. The Morgan fingerprint density at radius 1 is 0.824 bits per heavy atom. The van der Waals surface area contributed by atoms with Gasteiger partial charge in [0.2, 0.25) is 0 Å². The zero-order valence-electron chi connectivity index (χ0n) is 10.5. The van der Waals surface area contributed by atoms with Crippen LogP contribution in [0.3, 0.4) is 0 Å². The van der Waals surface area contributed by atoms with Gasteiger partial charge in [0, 0.05) is 0 Å². The van der Waals surface area contributed by atoms with Crippen molar-refractivity contribution in [3.05, 3.63) is 71.8 Å². The lowest BCUT2D eigenvalue weighted by Gasteiger charge is -2.01.